The second kappa shape index (κ2) is 4.80. The Morgan fingerprint density at radius 1 is 1.05 bits per heavy atom. The van der Waals surface area contributed by atoms with Crippen LogP contribution in [-0.2, 0) is 7.05 Å². The zero-order valence-electron chi connectivity index (χ0n) is 11.5. The Bertz CT molecular complexity index is 767. The van der Waals surface area contributed by atoms with E-state index in [9.17, 15) is 0 Å². The lowest BCUT2D eigenvalue weighted by Crippen LogP contribution is -1.98. The molecule has 0 amide bonds. The quantitative estimate of drug-likeness (QED) is 0.729. The number of hydrogen-bond acceptors (Lipinski definition) is 5. The van der Waals surface area contributed by atoms with E-state index in [-0.39, 0.29) is 0 Å². The molecule has 0 aliphatic carbocycles. The van der Waals surface area contributed by atoms with Crippen LogP contribution >= 0.6 is 0 Å². The summed E-state index contributed by atoms with van der Waals surface area (Å²) in [6.07, 6.45) is 1.85. The molecule has 0 bridgehead atoms. The first-order chi connectivity index (χ1) is 9.72. The zero-order valence-corrected chi connectivity index (χ0v) is 11.5. The van der Waals surface area contributed by atoms with Crippen LogP contribution in [0.4, 0.5) is 0 Å². The van der Waals surface area contributed by atoms with Crippen molar-refractivity contribution in [2.75, 3.05) is 14.2 Å². The molecular weight excluding hydrogens is 256 g/mol. The van der Waals surface area contributed by atoms with Crippen molar-refractivity contribution in [2.45, 2.75) is 0 Å². The summed E-state index contributed by atoms with van der Waals surface area (Å²) in [5.74, 6) is 1.70. The molecule has 20 heavy (non-hydrogen) atoms. The van der Waals surface area contributed by atoms with E-state index in [1.807, 2.05) is 37.5 Å². The van der Waals surface area contributed by atoms with Gasteiger partial charge in [0.1, 0.15) is 16.8 Å². The van der Waals surface area contributed by atoms with Crippen LogP contribution in [0.25, 0.3) is 22.4 Å². The lowest BCUT2D eigenvalue weighted by Gasteiger charge is -2.09. The minimum absolute atomic E-state index is 0.480. The van der Waals surface area contributed by atoms with Gasteiger partial charge in [0.2, 0.25) is 5.88 Å². The van der Waals surface area contributed by atoms with Crippen LogP contribution in [-0.4, -0.2) is 34.0 Å². The van der Waals surface area contributed by atoms with Crippen LogP contribution < -0.4 is 9.47 Å². The minimum Gasteiger partial charge on any atom is -0.496 e. The van der Waals surface area contributed by atoms with E-state index in [4.69, 9.17) is 9.47 Å². The highest BCUT2D eigenvalue weighted by molar-refractivity contribution is 5.90. The molecule has 0 radical (unpaired) electrons. The fourth-order valence-electron chi connectivity index (χ4n) is 2.09. The Hall–Kier alpha value is -2.63. The first kappa shape index (κ1) is 12.4. The van der Waals surface area contributed by atoms with Gasteiger partial charge in [0, 0.05) is 13.2 Å². The molecule has 0 spiro atoms. The number of hydrogen-bond donors (Lipinski definition) is 0. The first-order valence-electron chi connectivity index (χ1n) is 6.11. The van der Waals surface area contributed by atoms with Gasteiger partial charge in [0.25, 0.3) is 0 Å². The summed E-state index contributed by atoms with van der Waals surface area (Å²) in [5.41, 5.74) is 1.47. The van der Waals surface area contributed by atoms with Gasteiger partial charge in [-0.05, 0) is 18.2 Å². The lowest BCUT2D eigenvalue weighted by atomic mass is 10.2. The second-order valence-electron chi connectivity index (χ2n) is 4.29. The lowest BCUT2D eigenvalue weighted by molar-refractivity contribution is 0.394. The van der Waals surface area contributed by atoms with E-state index < -0.39 is 0 Å². The molecule has 1 aromatic carbocycles. The monoisotopic (exact) mass is 270 g/mol. The summed E-state index contributed by atoms with van der Waals surface area (Å²) in [6, 6.07) is 7.50. The summed E-state index contributed by atoms with van der Waals surface area (Å²) in [4.78, 5) is 8.95. The Morgan fingerprint density at radius 2 is 1.90 bits per heavy atom. The number of rotatable bonds is 3. The molecular formula is C14H14N4O2. The molecule has 0 saturated carbocycles. The van der Waals surface area contributed by atoms with Crippen LogP contribution in [0.1, 0.15) is 0 Å². The largest absolute Gasteiger partial charge is 0.496 e. The molecule has 6 nitrogen and oxygen atoms in total. The normalized spacial score (nSPS) is 10.8. The van der Waals surface area contributed by atoms with Gasteiger partial charge < -0.3 is 9.47 Å². The third kappa shape index (κ3) is 1.95. The van der Waals surface area contributed by atoms with Crippen molar-refractivity contribution >= 4 is 10.9 Å². The second-order valence-corrected chi connectivity index (χ2v) is 4.29. The number of methoxy groups -OCH3 is 2. The number of aromatic nitrogens is 4. The third-order valence-corrected chi connectivity index (χ3v) is 3.01. The van der Waals surface area contributed by atoms with Crippen molar-refractivity contribution < 1.29 is 9.47 Å². The third-order valence-electron chi connectivity index (χ3n) is 3.01. The van der Waals surface area contributed by atoms with Crippen molar-refractivity contribution in [2.24, 2.45) is 7.05 Å². The number of ether oxygens (including phenoxy) is 2. The molecule has 102 valence electrons. The Labute approximate surface area is 116 Å². The number of fused-ring (bicyclic) bond motifs is 1. The molecule has 6 heteroatoms. The van der Waals surface area contributed by atoms with Crippen molar-refractivity contribution in [1.29, 1.82) is 0 Å². The van der Waals surface area contributed by atoms with Crippen LogP contribution in [0.2, 0.25) is 0 Å². The maximum absolute atomic E-state index is 5.37. The average Bonchev–Trinajstić information content (AvgIpc) is 2.92. The van der Waals surface area contributed by atoms with Gasteiger partial charge in [-0.3, -0.25) is 4.68 Å². The number of nitrogens with zero attached hydrogens (tertiary/aromatic N) is 4. The fraction of sp³-hybridized carbons (Fsp3) is 0.214. The van der Waals surface area contributed by atoms with Gasteiger partial charge >= 0.3 is 0 Å². The van der Waals surface area contributed by atoms with E-state index in [1.165, 1.54) is 0 Å². The van der Waals surface area contributed by atoms with Crippen LogP contribution in [0.15, 0.2) is 30.5 Å². The van der Waals surface area contributed by atoms with Crippen molar-refractivity contribution in [3.63, 3.8) is 0 Å². The van der Waals surface area contributed by atoms with Crippen molar-refractivity contribution in [1.82, 2.24) is 19.7 Å². The molecule has 0 aliphatic heterocycles. The standard InChI is InChI=1S/C14H14N4O2/c1-18-8-7-10(17-18)13-15-9-5-4-6-11(19-2)12(9)14(16-13)20-3/h4-8H,1-3H3. The van der Waals surface area contributed by atoms with Crippen LogP contribution in [0.5, 0.6) is 11.6 Å². The summed E-state index contributed by atoms with van der Waals surface area (Å²) >= 11 is 0. The summed E-state index contributed by atoms with van der Waals surface area (Å²) in [5, 5.41) is 5.07. The van der Waals surface area contributed by atoms with Crippen molar-refractivity contribution in [3.8, 4) is 23.1 Å². The SMILES string of the molecule is COc1cccc2nc(-c3ccn(C)n3)nc(OC)c12. The Kier molecular flexibility index (Phi) is 2.98. The predicted octanol–water partition coefficient (Wildman–Crippen LogP) is 2.05. The highest BCUT2D eigenvalue weighted by Crippen LogP contribution is 2.32. The maximum atomic E-state index is 5.37. The van der Waals surface area contributed by atoms with Gasteiger partial charge in [0.15, 0.2) is 5.82 Å². The van der Waals surface area contributed by atoms with Crippen molar-refractivity contribution in [3.05, 3.63) is 30.5 Å². The number of aryl methyl sites for hydroxylation is 1. The van der Waals surface area contributed by atoms with E-state index in [0.29, 0.717) is 23.1 Å². The Morgan fingerprint density at radius 3 is 2.55 bits per heavy atom. The highest BCUT2D eigenvalue weighted by Gasteiger charge is 2.14. The molecule has 0 unspecified atom stereocenters. The molecule has 0 saturated heterocycles. The molecule has 0 N–H and O–H groups in total. The van der Waals surface area contributed by atoms with E-state index >= 15 is 0 Å². The highest BCUT2D eigenvalue weighted by atomic mass is 16.5. The molecule has 3 aromatic rings. The van der Waals surface area contributed by atoms with Crippen LogP contribution in [0, 0.1) is 0 Å². The fourth-order valence-corrected chi connectivity index (χ4v) is 2.09. The molecule has 0 aliphatic rings. The topological polar surface area (TPSA) is 62.1 Å². The molecule has 0 atom stereocenters. The predicted molar refractivity (Wildman–Crippen MR) is 74.8 cm³/mol. The average molecular weight is 270 g/mol. The van der Waals surface area contributed by atoms with Gasteiger partial charge in [0.05, 0.1) is 19.7 Å². The number of benzene rings is 1. The minimum atomic E-state index is 0.480. The molecule has 2 heterocycles. The van der Waals surface area contributed by atoms with E-state index in [2.05, 4.69) is 15.1 Å². The first-order valence-corrected chi connectivity index (χ1v) is 6.11. The van der Waals surface area contributed by atoms with E-state index in [1.54, 1.807) is 18.9 Å². The maximum Gasteiger partial charge on any atom is 0.228 e. The van der Waals surface area contributed by atoms with Gasteiger partial charge in [-0.1, -0.05) is 6.07 Å². The Balaban J connectivity index is 2.27. The smallest absolute Gasteiger partial charge is 0.228 e. The summed E-state index contributed by atoms with van der Waals surface area (Å²) in [6.45, 7) is 0. The van der Waals surface area contributed by atoms with Gasteiger partial charge in [-0.25, -0.2) is 4.98 Å². The summed E-state index contributed by atoms with van der Waals surface area (Å²) < 4.78 is 12.4. The van der Waals surface area contributed by atoms with Crippen LogP contribution in [0.3, 0.4) is 0 Å². The molecule has 2 aromatic heterocycles. The zero-order chi connectivity index (χ0) is 14.1. The van der Waals surface area contributed by atoms with E-state index in [0.717, 1.165) is 10.9 Å². The molecule has 0 fully saturated rings. The van der Waals surface area contributed by atoms with Gasteiger partial charge in [-0.15, -0.1) is 0 Å². The molecule has 3 rings (SSSR count). The summed E-state index contributed by atoms with van der Waals surface area (Å²) in [7, 11) is 5.04. The van der Waals surface area contributed by atoms with Gasteiger partial charge in [-0.2, -0.15) is 10.1 Å².